The van der Waals surface area contributed by atoms with Gasteiger partial charge in [-0.15, -0.1) is 0 Å². The molecule has 0 fully saturated rings. The van der Waals surface area contributed by atoms with Crippen LogP contribution < -0.4 is 15.8 Å². The normalized spacial score (nSPS) is 10.4. The summed E-state index contributed by atoms with van der Waals surface area (Å²) >= 11 is 0. The fourth-order valence-electron chi connectivity index (χ4n) is 2.19. The number of methoxy groups -OCH3 is 1. The molecular formula is C17H16N4O3. The number of carbonyl (C=O) groups is 1. The summed E-state index contributed by atoms with van der Waals surface area (Å²) < 4.78 is 10.4. The highest BCUT2D eigenvalue weighted by Gasteiger charge is 2.13. The summed E-state index contributed by atoms with van der Waals surface area (Å²) in [4.78, 5) is 20.4. The van der Waals surface area contributed by atoms with E-state index in [9.17, 15) is 4.79 Å². The van der Waals surface area contributed by atoms with Crippen molar-refractivity contribution in [3.05, 3.63) is 60.0 Å². The van der Waals surface area contributed by atoms with E-state index in [0.29, 0.717) is 18.0 Å². The highest BCUT2D eigenvalue weighted by atomic mass is 16.5. The van der Waals surface area contributed by atoms with Crippen molar-refractivity contribution in [1.82, 2.24) is 15.3 Å². The molecule has 0 bridgehead atoms. The van der Waals surface area contributed by atoms with Gasteiger partial charge < -0.3 is 20.2 Å². The van der Waals surface area contributed by atoms with Crippen molar-refractivity contribution >= 4 is 11.9 Å². The number of nitrogens with zero attached hydrogens (tertiary/aromatic N) is 2. The second-order valence-corrected chi connectivity index (χ2v) is 5.01. The van der Waals surface area contributed by atoms with Gasteiger partial charge in [-0.3, -0.25) is 4.79 Å². The topological polar surface area (TPSA) is 103 Å². The van der Waals surface area contributed by atoms with Crippen LogP contribution >= 0.6 is 0 Å². The number of rotatable bonds is 5. The minimum absolute atomic E-state index is 0.00966. The van der Waals surface area contributed by atoms with Crippen LogP contribution in [0.2, 0.25) is 0 Å². The highest BCUT2D eigenvalue weighted by molar-refractivity contribution is 5.93. The van der Waals surface area contributed by atoms with Crippen LogP contribution in [0.15, 0.2) is 53.1 Å². The third-order valence-corrected chi connectivity index (χ3v) is 3.34. The number of hydrogen-bond donors (Lipinski definition) is 2. The van der Waals surface area contributed by atoms with Crippen molar-refractivity contribution in [2.24, 2.45) is 0 Å². The number of ether oxygens (including phenoxy) is 1. The predicted octanol–water partition coefficient (Wildman–Crippen LogP) is 2.26. The van der Waals surface area contributed by atoms with Gasteiger partial charge in [0, 0.05) is 6.54 Å². The quantitative estimate of drug-likeness (QED) is 0.746. The van der Waals surface area contributed by atoms with Crippen molar-refractivity contribution < 1.29 is 13.9 Å². The largest absolute Gasteiger partial charge is 0.497 e. The van der Waals surface area contributed by atoms with Crippen molar-refractivity contribution in [2.75, 3.05) is 12.8 Å². The minimum atomic E-state index is -0.347. The van der Waals surface area contributed by atoms with E-state index in [0.717, 1.165) is 11.3 Å². The molecule has 2 aromatic heterocycles. The Bertz CT molecular complexity index is 847. The lowest BCUT2D eigenvalue weighted by molar-refractivity contribution is 0.0946. The van der Waals surface area contributed by atoms with E-state index in [4.69, 9.17) is 14.9 Å². The van der Waals surface area contributed by atoms with Crippen molar-refractivity contribution in [1.29, 1.82) is 0 Å². The molecule has 1 aromatic carbocycles. The van der Waals surface area contributed by atoms with Gasteiger partial charge in [0.05, 0.1) is 13.4 Å². The molecule has 0 unspecified atom stereocenters. The average molecular weight is 324 g/mol. The number of amides is 1. The molecule has 0 saturated carbocycles. The summed E-state index contributed by atoms with van der Waals surface area (Å²) in [5, 5.41) is 2.80. The maximum Gasteiger partial charge on any atom is 0.270 e. The van der Waals surface area contributed by atoms with Crippen LogP contribution in [0, 0.1) is 0 Å². The van der Waals surface area contributed by atoms with E-state index in [-0.39, 0.29) is 17.5 Å². The maximum atomic E-state index is 12.3. The number of furan rings is 1. The van der Waals surface area contributed by atoms with Crippen LogP contribution in [0.3, 0.4) is 0 Å². The minimum Gasteiger partial charge on any atom is -0.497 e. The van der Waals surface area contributed by atoms with E-state index < -0.39 is 0 Å². The number of hydrogen-bond acceptors (Lipinski definition) is 6. The first-order chi connectivity index (χ1) is 11.7. The monoisotopic (exact) mass is 324 g/mol. The third kappa shape index (κ3) is 3.52. The van der Waals surface area contributed by atoms with Crippen LogP contribution in [0.4, 0.5) is 5.95 Å². The summed E-state index contributed by atoms with van der Waals surface area (Å²) in [7, 11) is 1.59. The summed E-state index contributed by atoms with van der Waals surface area (Å²) in [6, 6.07) is 12.4. The van der Waals surface area contributed by atoms with Gasteiger partial charge in [0.2, 0.25) is 5.95 Å². The molecule has 0 spiro atoms. The van der Waals surface area contributed by atoms with Gasteiger partial charge in [-0.25, -0.2) is 9.97 Å². The smallest absolute Gasteiger partial charge is 0.270 e. The van der Waals surface area contributed by atoms with Crippen LogP contribution in [0.1, 0.15) is 16.1 Å². The van der Waals surface area contributed by atoms with E-state index in [1.807, 2.05) is 24.3 Å². The second-order valence-electron chi connectivity index (χ2n) is 5.01. The molecule has 24 heavy (non-hydrogen) atoms. The van der Waals surface area contributed by atoms with Crippen LogP contribution in [-0.4, -0.2) is 23.0 Å². The molecule has 0 saturated heterocycles. The lowest BCUT2D eigenvalue weighted by Gasteiger charge is -2.07. The molecule has 1 amide bonds. The average Bonchev–Trinajstić information content (AvgIpc) is 3.14. The molecule has 0 aliphatic carbocycles. The molecule has 3 aromatic rings. The zero-order valence-electron chi connectivity index (χ0n) is 13.0. The SMILES string of the molecule is COc1cccc(CNC(=O)c2cc(-c3ccco3)nc(N)n2)c1. The first-order valence-corrected chi connectivity index (χ1v) is 7.25. The molecule has 3 N–H and O–H groups in total. The van der Waals surface area contributed by atoms with Gasteiger partial charge in [-0.05, 0) is 35.9 Å². The zero-order chi connectivity index (χ0) is 16.9. The first-order valence-electron chi connectivity index (χ1n) is 7.25. The Labute approximate surface area is 138 Å². The number of carbonyl (C=O) groups excluding carboxylic acids is 1. The summed E-state index contributed by atoms with van der Waals surface area (Å²) in [6.07, 6.45) is 1.52. The number of benzene rings is 1. The Hall–Kier alpha value is -3.35. The second kappa shape index (κ2) is 6.82. The fourth-order valence-corrected chi connectivity index (χ4v) is 2.19. The molecule has 2 heterocycles. The molecule has 0 aliphatic heterocycles. The number of aromatic nitrogens is 2. The zero-order valence-corrected chi connectivity index (χ0v) is 13.0. The highest BCUT2D eigenvalue weighted by Crippen LogP contribution is 2.19. The standard InChI is InChI=1S/C17H16N4O3/c1-23-12-5-2-4-11(8-12)10-19-16(22)14-9-13(20-17(18)21-14)15-6-3-7-24-15/h2-9H,10H2,1H3,(H,19,22)(H2,18,20,21). The number of nitrogen functional groups attached to an aromatic ring is 1. The Morgan fingerprint density at radius 3 is 2.88 bits per heavy atom. The number of anilines is 1. The Morgan fingerprint density at radius 1 is 1.25 bits per heavy atom. The van der Waals surface area contributed by atoms with Crippen molar-refractivity contribution in [3.8, 4) is 17.2 Å². The molecule has 0 atom stereocenters. The molecule has 122 valence electrons. The Morgan fingerprint density at radius 2 is 2.12 bits per heavy atom. The van der Waals surface area contributed by atoms with E-state index >= 15 is 0 Å². The molecule has 7 heteroatoms. The summed E-state index contributed by atoms with van der Waals surface area (Å²) in [6.45, 7) is 0.343. The predicted molar refractivity (Wildman–Crippen MR) is 88.3 cm³/mol. The molecule has 0 aliphatic rings. The number of nitrogens with two attached hydrogens (primary N) is 1. The number of nitrogens with one attached hydrogen (secondary N) is 1. The van der Waals surface area contributed by atoms with E-state index in [2.05, 4.69) is 15.3 Å². The van der Waals surface area contributed by atoms with Crippen molar-refractivity contribution in [2.45, 2.75) is 6.54 Å². The molecular weight excluding hydrogens is 308 g/mol. The van der Waals surface area contributed by atoms with Gasteiger partial charge in [-0.1, -0.05) is 12.1 Å². The van der Waals surface area contributed by atoms with Crippen LogP contribution in [-0.2, 0) is 6.54 Å². The molecule has 3 rings (SSSR count). The van der Waals surface area contributed by atoms with Gasteiger partial charge in [0.15, 0.2) is 5.76 Å². The Balaban J connectivity index is 1.75. The van der Waals surface area contributed by atoms with Gasteiger partial charge in [0.1, 0.15) is 17.1 Å². The lowest BCUT2D eigenvalue weighted by Crippen LogP contribution is -2.24. The van der Waals surface area contributed by atoms with Crippen molar-refractivity contribution in [3.63, 3.8) is 0 Å². The lowest BCUT2D eigenvalue weighted by atomic mass is 10.2. The third-order valence-electron chi connectivity index (χ3n) is 3.34. The van der Waals surface area contributed by atoms with Gasteiger partial charge in [0.25, 0.3) is 5.91 Å². The maximum absolute atomic E-state index is 12.3. The van der Waals surface area contributed by atoms with Gasteiger partial charge in [-0.2, -0.15) is 0 Å². The van der Waals surface area contributed by atoms with E-state index in [1.54, 1.807) is 19.2 Å². The van der Waals surface area contributed by atoms with Crippen LogP contribution in [0.25, 0.3) is 11.5 Å². The van der Waals surface area contributed by atoms with Crippen LogP contribution in [0.5, 0.6) is 5.75 Å². The fraction of sp³-hybridized carbons (Fsp3) is 0.118. The Kier molecular flexibility index (Phi) is 4.42. The molecule has 7 nitrogen and oxygen atoms in total. The van der Waals surface area contributed by atoms with Gasteiger partial charge >= 0.3 is 0 Å². The summed E-state index contributed by atoms with van der Waals surface area (Å²) in [5.41, 5.74) is 7.24. The first kappa shape index (κ1) is 15.5. The molecule has 0 radical (unpaired) electrons. The summed E-state index contributed by atoms with van der Waals surface area (Å²) in [5.74, 6) is 0.911. The van der Waals surface area contributed by atoms with E-state index in [1.165, 1.54) is 12.3 Å².